The van der Waals surface area contributed by atoms with E-state index in [4.69, 9.17) is 0 Å². The van der Waals surface area contributed by atoms with Crippen LogP contribution in [-0.2, 0) is 13.5 Å². The van der Waals surface area contributed by atoms with Crippen molar-refractivity contribution in [1.29, 1.82) is 0 Å². The number of aryl methyl sites for hydroxylation is 2. The molecule has 0 aliphatic rings. The van der Waals surface area contributed by atoms with Crippen LogP contribution in [0.3, 0.4) is 0 Å². The van der Waals surface area contributed by atoms with Crippen molar-refractivity contribution < 1.29 is 4.79 Å². The number of pyridine rings is 1. The van der Waals surface area contributed by atoms with Gasteiger partial charge in [-0.25, -0.2) is 4.98 Å². The van der Waals surface area contributed by atoms with Gasteiger partial charge in [-0.05, 0) is 30.5 Å². The third-order valence-electron chi connectivity index (χ3n) is 4.92. The minimum absolute atomic E-state index is 0.123. The van der Waals surface area contributed by atoms with Gasteiger partial charge in [-0.3, -0.25) is 9.48 Å². The predicted molar refractivity (Wildman–Crippen MR) is 110 cm³/mol. The molecule has 0 radical (unpaired) electrons. The van der Waals surface area contributed by atoms with E-state index in [1.165, 1.54) is 5.56 Å². The van der Waals surface area contributed by atoms with Gasteiger partial charge in [-0.2, -0.15) is 5.10 Å². The molecule has 0 fully saturated rings. The highest BCUT2D eigenvalue weighted by Crippen LogP contribution is 2.21. The van der Waals surface area contributed by atoms with E-state index in [9.17, 15) is 4.79 Å². The van der Waals surface area contributed by atoms with E-state index in [1.54, 1.807) is 10.9 Å². The number of nitrogens with one attached hydrogen (secondary N) is 1. The highest BCUT2D eigenvalue weighted by molar-refractivity contribution is 5.97. The van der Waals surface area contributed by atoms with Crippen LogP contribution in [0.5, 0.6) is 0 Å². The van der Waals surface area contributed by atoms with Crippen LogP contribution in [0.1, 0.15) is 33.2 Å². The van der Waals surface area contributed by atoms with Gasteiger partial charge in [0.2, 0.25) is 0 Å². The number of hydrogen-bond acceptors (Lipinski definition) is 3. The summed E-state index contributed by atoms with van der Waals surface area (Å²) in [6, 6.07) is 22.0. The monoisotopic (exact) mass is 370 g/mol. The molecule has 1 N–H and O–H groups in total. The summed E-state index contributed by atoms with van der Waals surface area (Å²) < 4.78 is 1.73. The second kappa shape index (κ2) is 7.64. The second-order valence-corrected chi connectivity index (χ2v) is 6.93. The van der Waals surface area contributed by atoms with E-state index in [1.807, 2.05) is 68.6 Å². The minimum Gasteiger partial charge on any atom is -0.345 e. The second-order valence-electron chi connectivity index (χ2n) is 6.93. The molecule has 0 saturated carbocycles. The lowest BCUT2D eigenvalue weighted by molar-refractivity contribution is 0.0936. The molecule has 2 aromatic heterocycles. The Hall–Kier alpha value is -3.47. The van der Waals surface area contributed by atoms with Crippen LogP contribution >= 0.6 is 0 Å². The molecule has 2 heterocycles. The molecule has 4 aromatic rings. The summed E-state index contributed by atoms with van der Waals surface area (Å²) in [6.07, 6.45) is 2.33. The summed E-state index contributed by atoms with van der Waals surface area (Å²) in [4.78, 5) is 17.4. The zero-order chi connectivity index (χ0) is 19.5. The van der Waals surface area contributed by atoms with E-state index in [0.29, 0.717) is 5.56 Å². The molecule has 0 saturated heterocycles. The third kappa shape index (κ3) is 3.64. The van der Waals surface area contributed by atoms with Gasteiger partial charge in [0.15, 0.2) is 5.65 Å². The maximum absolute atomic E-state index is 13.0. The number of carbonyl (C=O) groups excluding carboxylic acids is 1. The van der Waals surface area contributed by atoms with Crippen molar-refractivity contribution in [2.75, 3.05) is 0 Å². The number of hydrogen-bond donors (Lipinski definition) is 1. The van der Waals surface area contributed by atoms with Gasteiger partial charge in [-0.15, -0.1) is 0 Å². The molecule has 28 heavy (non-hydrogen) atoms. The fourth-order valence-corrected chi connectivity index (χ4v) is 3.46. The highest BCUT2D eigenvalue weighted by Gasteiger charge is 2.18. The van der Waals surface area contributed by atoms with Crippen molar-refractivity contribution in [3.8, 4) is 0 Å². The number of benzene rings is 2. The Kier molecular flexibility index (Phi) is 4.89. The third-order valence-corrected chi connectivity index (χ3v) is 4.92. The van der Waals surface area contributed by atoms with Gasteiger partial charge in [0.25, 0.3) is 5.91 Å². The smallest absolute Gasteiger partial charge is 0.253 e. The molecule has 0 aliphatic carbocycles. The molecule has 1 atom stereocenters. The molecule has 4 rings (SSSR count). The van der Waals surface area contributed by atoms with Crippen LogP contribution in [0.2, 0.25) is 0 Å². The zero-order valence-electron chi connectivity index (χ0n) is 16.0. The van der Waals surface area contributed by atoms with Crippen LogP contribution in [0, 0.1) is 6.92 Å². The first kappa shape index (κ1) is 17.9. The number of nitrogens with zero attached hydrogens (tertiary/aromatic N) is 3. The molecule has 0 aliphatic heterocycles. The van der Waals surface area contributed by atoms with Crippen LogP contribution in [0.4, 0.5) is 0 Å². The molecule has 5 nitrogen and oxygen atoms in total. The molecule has 0 bridgehead atoms. The number of aromatic nitrogens is 3. The van der Waals surface area contributed by atoms with Gasteiger partial charge >= 0.3 is 0 Å². The van der Waals surface area contributed by atoms with Gasteiger partial charge < -0.3 is 5.32 Å². The quantitative estimate of drug-likeness (QED) is 0.578. The lowest BCUT2D eigenvalue weighted by Crippen LogP contribution is -2.30. The van der Waals surface area contributed by atoms with E-state index >= 15 is 0 Å². The normalized spacial score (nSPS) is 12.1. The Morgan fingerprint density at radius 3 is 2.46 bits per heavy atom. The van der Waals surface area contributed by atoms with E-state index in [-0.39, 0.29) is 11.9 Å². The summed E-state index contributed by atoms with van der Waals surface area (Å²) in [7, 11) is 1.85. The number of carbonyl (C=O) groups is 1. The Morgan fingerprint density at radius 2 is 1.75 bits per heavy atom. The highest BCUT2D eigenvalue weighted by atomic mass is 16.1. The average Bonchev–Trinajstić information content (AvgIpc) is 3.02. The minimum atomic E-state index is -0.137. The topological polar surface area (TPSA) is 59.8 Å². The van der Waals surface area contributed by atoms with E-state index < -0.39 is 0 Å². The maximum atomic E-state index is 13.0. The lowest BCUT2D eigenvalue weighted by Gasteiger charge is -2.19. The summed E-state index contributed by atoms with van der Waals surface area (Å²) in [6.45, 7) is 1.92. The van der Waals surface area contributed by atoms with Crippen LogP contribution in [-0.4, -0.2) is 20.7 Å². The molecular formula is C23H22N4O. The fourth-order valence-electron chi connectivity index (χ4n) is 3.46. The maximum Gasteiger partial charge on any atom is 0.253 e. The summed E-state index contributed by atoms with van der Waals surface area (Å²) >= 11 is 0. The molecule has 2 aromatic carbocycles. The van der Waals surface area contributed by atoms with Crippen LogP contribution in [0.25, 0.3) is 11.0 Å². The van der Waals surface area contributed by atoms with Crippen molar-refractivity contribution in [2.24, 2.45) is 7.05 Å². The van der Waals surface area contributed by atoms with Gasteiger partial charge in [-0.1, -0.05) is 60.7 Å². The summed E-state index contributed by atoms with van der Waals surface area (Å²) in [5.74, 6) is -0.137. The number of rotatable bonds is 5. The first-order valence-corrected chi connectivity index (χ1v) is 9.31. The van der Waals surface area contributed by atoms with Crippen molar-refractivity contribution in [3.63, 3.8) is 0 Å². The molecule has 5 heteroatoms. The van der Waals surface area contributed by atoms with Crippen molar-refractivity contribution in [3.05, 3.63) is 95.3 Å². The molecule has 140 valence electrons. The first-order chi connectivity index (χ1) is 13.6. The van der Waals surface area contributed by atoms with Crippen LogP contribution in [0.15, 0.2) is 72.9 Å². The molecule has 1 amide bonds. The lowest BCUT2D eigenvalue weighted by atomic mass is 9.98. The standard InChI is InChI=1S/C23H22N4O/c1-16-20-14-19(15-24-22(20)27(2)26-16)23(28)25-21(18-11-7-4-8-12-18)13-17-9-5-3-6-10-17/h3-12,14-15,21H,13H2,1-2H3,(H,25,28)/t21-/m1/s1. The van der Waals surface area contributed by atoms with E-state index in [0.717, 1.165) is 28.7 Å². The van der Waals surface area contributed by atoms with Crippen molar-refractivity contribution in [1.82, 2.24) is 20.1 Å². The van der Waals surface area contributed by atoms with Crippen molar-refractivity contribution in [2.45, 2.75) is 19.4 Å². The largest absolute Gasteiger partial charge is 0.345 e. The summed E-state index contributed by atoms with van der Waals surface area (Å²) in [5, 5.41) is 8.46. The van der Waals surface area contributed by atoms with Gasteiger partial charge in [0.1, 0.15) is 0 Å². The number of fused-ring (bicyclic) bond motifs is 1. The molecule has 0 unspecified atom stereocenters. The first-order valence-electron chi connectivity index (χ1n) is 9.31. The van der Waals surface area contributed by atoms with Crippen molar-refractivity contribution >= 4 is 16.9 Å². The Bertz CT molecular complexity index is 1100. The Morgan fingerprint density at radius 1 is 1.07 bits per heavy atom. The van der Waals surface area contributed by atoms with E-state index in [2.05, 4.69) is 27.5 Å². The fraction of sp³-hybridized carbons (Fsp3) is 0.174. The van der Waals surface area contributed by atoms with Crippen LogP contribution < -0.4 is 5.32 Å². The summed E-state index contributed by atoms with van der Waals surface area (Å²) in [5.41, 5.74) is 4.43. The Balaban J connectivity index is 1.62. The number of amides is 1. The SMILES string of the molecule is Cc1nn(C)c2ncc(C(=O)N[C@H](Cc3ccccc3)c3ccccc3)cc12. The van der Waals surface area contributed by atoms with Gasteiger partial charge in [0.05, 0.1) is 17.3 Å². The van der Waals surface area contributed by atoms with Gasteiger partial charge in [0, 0.05) is 18.6 Å². The Labute approximate surface area is 164 Å². The average molecular weight is 370 g/mol. The zero-order valence-corrected chi connectivity index (χ0v) is 16.0. The molecule has 0 spiro atoms. The molecular weight excluding hydrogens is 348 g/mol. The predicted octanol–water partition coefficient (Wildman–Crippen LogP) is 3.99.